The summed E-state index contributed by atoms with van der Waals surface area (Å²) >= 11 is 0. The van der Waals surface area contributed by atoms with Crippen LogP contribution in [-0.4, -0.2) is 35.6 Å². The zero-order valence-corrected chi connectivity index (χ0v) is 15.9. The van der Waals surface area contributed by atoms with Crippen LogP contribution in [-0.2, 0) is 10.4 Å². The number of aliphatic hydroxyl groups is 1. The summed E-state index contributed by atoms with van der Waals surface area (Å²) in [5.41, 5.74) is 6.18. The number of ether oxygens (including phenoxy) is 1. The molecule has 1 aliphatic heterocycles. The van der Waals surface area contributed by atoms with Crippen molar-refractivity contribution in [3.05, 3.63) is 53.9 Å². The fourth-order valence-electron chi connectivity index (χ4n) is 3.51. The van der Waals surface area contributed by atoms with Gasteiger partial charge in [-0.3, -0.25) is 14.6 Å². The number of nitrogens with two attached hydrogens (primary N) is 1. The van der Waals surface area contributed by atoms with Crippen molar-refractivity contribution in [3.8, 4) is 5.75 Å². The molecule has 4 rings (SSSR count). The maximum absolute atomic E-state index is 11.4. The number of anilines is 1. The number of rotatable bonds is 2. The Morgan fingerprint density at radius 2 is 1.96 bits per heavy atom. The van der Waals surface area contributed by atoms with Crippen molar-refractivity contribution < 1.29 is 19.4 Å². The van der Waals surface area contributed by atoms with Gasteiger partial charge < -0.3 is 20.5 Å². The van der Waals surface area contributed by atoms with Gasteiger partial charge in [0, 0.05) is 13.2 Å². The van der Waals surface area contributed by atoms with Crippen LogP contribution in [0, 0.1) is 0 Å². The van der Waals surface area contributed by atoms with Crippen molar-refractivity contribution in [1.82, 2.24) is 4.98 Å². The Bertz CT molecular complexity index is 862. The number of primary amides is 1. The lowest BCUT2D eigenvalue weighted by atomic mass is 9.92. The van der Waals surface area contributed by atoms with E-state index in [0.717, 1.165) is 42.7 Å². The van der Waals surface area contributed by atoms with Gasteiger partial charge in [0.15, 0.2) is 0 Å². The third-order valence-electron chi connectivity index (χ3n) is 5.15. The first-order valence-electron chi connectivity index (χ1n) is 9.38. The molecule has 1 aliphatic carbocycles. The molecule has 0 radical (unpaired) electrons. The highest BCUT2D eigenvalue weighted by atomic mass is 16.5. The SMILES string of the molecule is CN1C(=O)CCOc2ccccc21.NC(=O)c1cc(C2(O)CCCC2)ccn1. The second-order valence-electron chi connectivity index (χ2n) is 7.05. The Morgan fingerprint density at radius 3 is 2.68 bits per heavy atom. The Labute approximate surface area is 164 Å². The fourth-order valence-corrected chi connectivity index (χ4v) is 3.51. The number of para-hydroxylation sites is 2. The minimum Gasteiger partial charge on any atom is -0.491 e. The molecule has 148 valence electrons. The van der Waals surface area contributed by atoms with E-state index < -0.39 is 11.5 Å². The van der Waals surface area contributed by atoms with E-state index in [2.05, 4.69) is 4.98 Å². The van der Waals surface area contributed by atoms with Crippen molar-refractivity contribution >= 4 is 17.5 Å². The first kappa shape index (κ1) is 19.8. The molecule has 2 heterocycles. The fraction of sp³-hybridized carbons (Fsp3) is 0.381. The summed E-state index contributed by atoms with van der Waals surface area (Å²) in [5, 5.41) is 10.3. The third kappa shape index (κ3) is 4.31. The van der Waals surface area contributed by atoms with Crippen LogP contribution >= 0.6 is 0 Å². The topological polar surface area (TPSA) is 106 Å². The molecule has 1 aromatic heterocycles. The van der Waals surface area contributed by atoms with E-state index in [1.165, 1.54) is 6.20 Å². The standard InChI is InChI=1S/C11H14N2O2.C10H11NO2/c12-10(14)9-7-8(3-6-13-9)11(15)4-1-2-5-11;1-11-8-4-2-3-5-9(8)13-7-6-10(11)12/h3,6-7,15H,1-2,4-5H2,(H2,12,14);2-5H,6-7H2,1H3. The van der Waals surface area contributed by atoms with E-state index in [1.54, 1.807) is 24.1 Å². The second-order valence-corrected chi connectivity index (χ2v) is 7.05. The monoisotopic (exact) mass is 383 g/mol. The van der Waals surface area contributed by atoms with E-state index >= 15 is 0 Å². The number of carbonyl (C=O) groups is 2. The summed E-state index contributed by atoms with van der Waals surface area (Å²) in [6.07, 6.45) is 5.50. The van der Waals surface area contributed by atoms with Crippen molar-refractivity contribution in [3.63, 3.8) is 0 Å². The Morgan fingerprint density at radius 1 is 1.25 bits per heavy atom. The molecule has 7 nitrogen and oxygen atoms in total. The van der Waals surface area contributed by atoms with Crippen molar-refractivity contribution in [1.29, 1.82) is 0 Å². The van der Waals surface area contributed by atoms with E-state index in [0.29, 0.717) is 13.0 Å². The number of amides is 2. The van der Waals surface area contributed by atoms with Gasteiger partial charge in [-0.05, 0) is 42.7 Å². The normalized spacial score (nSPS) is 17.6. The molecule has 0 unspecified atom stereocenters. The molecule has 2 aromatic rings. The molecule has 0 bridgehead atoms. The van der Waals surface area contributed by atoms with E-state index in [1.807, 2.05) is 24.3 Å². The van der Waals surface area contributed by atoms with Crippen LogP contribution in [0.4, 0.5) is 5.69 Å². The first-order valence-corrected chi connectivity index (χ1v) is 9.38. The number of pyridine rings is 1. The summed E-state index contributed by atoms with van der Waals surface area (Å²) in [6, 6.07) is 10.9. The predicted molar refractivity (Wildman–Crippen MR) is 105 cm³/mol. The van der Waals surface area contributed by atoms with E-state index in [4.69, 9.17) is 10.5 Å². The summed E-state index contributed by atoms with van der Waals surface area (Å²) in [6.45, 7) is 0.472. The Hall–Kier alpha value is -2.93. The van der Waals surface area contributed by atoms with Gasteiger partial charge >= 0.3 is 0 Å². The first-order chi connectivity index (χ1) is 13.4. The van der Waals surface area contributed by atoms with Crippen molar-refractivity contribution in [2.24, 2.45) is 5.73 Å². The van der Waals surface area contributed by atoms with Gasteiger partial charge in [-0.2, -0.15) is 0 Å². The maximum Gasteiger partial charge on any atom is 0.267 e. The van der Waals surface area contributed by atoms with Gasteiger partial charge in [-0.25, -0.2) is 0 Å². The maximum atomic E-state index is 11.4. The van der Waals surface area contributed by atoms with E-state index in [9.17, 15) is 14.7 Å². The van der Waals surface area contributed by atoms with Gasteiger partial charge in [-0.15, -0.1) is 0 Å². The largest absolute Gasteiger partial charge is 0.491 e. The molecular weight excluding hydrogens is 358 g/mol. The highest BCUT2D eigenvalue weighted by Crippen LogP contribution is 2.38. The molecule has 3 N–H and O–H groups in total. The number of nitrogens with zero attached hydrogens (tertiary/aromatic N) is 2. The Balaban J connectivity index is 0.000000162. The van der Waals surface area contributed by atoms with Crippen LogP contribution in [0.5, 0.6) is 5.75 Å². The number of carbonyl (C=O) groups excluding carboxylic acids is 2. The van der Waals surface area contributed by atoms with Gasteiger partial charge in [0.25, 0.3) is 5.91 Å². The van der Waals surface area contributed by atoms with Crippen LogP contribution in [0.1, 0.15) is 48.2 Å². The van der Waals surface area contributed by atoms with Crippen LogP contribution in [0.25, 0.3) is 0 Å². The lowest BCUT2D eigenvalue weighted by Crippen LogP contribution is -2.24. The van der Waals surface area contributed by atoms with Gasteiger partial charge in [-0.1, -0.05) is 25.0 Å². The minimum atomic E-state index is -0.785. The van der Waals surface area contributed by atoms with Gasteiger partial charge in [0.05, 0.1) is 24.3 Å². The molecular formula is C21H25N3O4. The molecule has 2 aliphatic rings. The summed E-state index contributed by atoms with van der Waals surface area (Å²) in [7, 11) is 1.77. The number of aromatic nitrogens is 1. The Kier molecular flexibility index (Phi) is 5.94. The summed E-state index contributed by atoms with van der Waals surface area (Å²) < 4.78 is 5.43. The minimum absolute atomic E-state index is 0.102. The molecule has 1 saturated carbocycles. The zero-order chi connectivity index (χ0) is 20.1. The lowest BCUT2D eigenvalue weighted by molar-refractivity contribution is -0.118. The molecule has 28 heavy (non-hydrogen) atoms. The van der Waals surface area contributed by atoms with Crippen molar-refractivity contribution in [2.45, 2.75) is 37.7 Å². The molecule has 0 spiro atoms. The van der Waals surface area contributed by atoms with Gasteiger partial charge in [0.1, 0.15) is 11.4 Å². The molecule has 7 heteroatoms. The summed E-state index contributed by atoms with van der Waals surface area (Å²) in [5.74, 6) is 0.333. The van der Waals surface area contributed by atoms with Crippen LogP contribution in [0.3, 0.4) is 0 Å². The molecule has 0 atom stereocenters. The van der Waals surface area contributed by atoms with Crippen molar-refractivity contribution in [2.75, 3.05) is 18.6 Å². The average molecular weight is 383 g/mol. The van der Waals surface area contributed by atoms with Gasteiger partial charge in [0.2, 0.25) is 5.91 Å². The second kappa shape index (κ2) is 8.39. The van der Waals surface area contributed by atoms with Crippen LogP contribution < -0.4 is 15.4 Å². The number of hydrogen-bond acceptors (Lipinski definition) is 5. The smallest absolute Gasteiger partial charge is 0.267 e. The molecule has 2 amide bonds. The molecule has 1 fully saturated rings. The number of hydrogen-bond donors (Lipinski definition) is 2. The average Bonchev–Trinajstić information content (AvgIpc) is 3.10. The highest BCUT2D eigenvalue weighted by Gasteiger charge is 2.33. The quantitative estimate of drug-likeness (QED) is 0.828. The lowest BCUT2D eigenvalue weighted by Gasteiger charge is -2.22. The highest BCUT2D eigenvalue weighted by molar-refractivity contribution is 5.95. The summed E-state index contributed by atoms with van der Waals surface area (Å²) in [4.78, 5) is 27.9. The molecule has 0 saturated heterocycles. The van der Waals surface area contributed by atoms with E-state index in [-0.39, 0.29) is 11.6 Å². The third-order valence-corrected chi connectivity index (χ3v) is 5.15. The van der Waals surface area contributed by atoms with Crippen LogP contribution in [0.15, 0.2) is 42.6 Å². The van der Waals surface area contributed by atoms with Crippen LogP contribution in [0.2, 0.25) is 0 Å². The zero-order valence-electron chi connectivity index (χ0n) is 15.9. The number of fused-ring (bicyclic) bond motifs is 1. The predicted octanol–water partition coefficient (Wildman–Crippen LogP) is 2.37. The number of benzene rings is 1. The molecule has 1 aromatic carbocycles.